The Morgan fingerprint density at radius 2 is 1.00 bits per heavy atom. The van der Waals surface area contributed by atoms with Crippen molar-refractivity contribution in [1.29, 1.82) is 0 Å². The molecule has 0 unspecified atom stereocenters. The van der Waals surface area contributed by atoms with E-state index in [1.54, 1.807) is 0 Å². The molecule has 0 aliphatic carbocycles. The van der Waals surface area contributed by atoms with Crippen LogP contribution in [0.3, 0.4) is 0 Å². The highest BCUT2D eigenvalue weighted by atomic mass is 35.5. The van der Waals surface area contributed by atoms with E-state index in [0.29, 0.717) is 13.1 Å². The van der Waals surface area contributed by atoms with Crippen LogP contribution >= 0.6 is 12.4 Å². The highest BCUT2D eigenvalue weighted by molar-refractivity contribution is 5.85. The fourth-order valence-electron chi connectivity index (χ4n) is 2.44. The molecule has 0 aromatic carbocycles. The number of hydrogen-bond acceptors (Lipinski definition) is 3. The highest BCUT2D eigenvalue weighted by Gasteiger charge is 2.02. The van der Waals surface area contributed by atoms with Gasteiger partial charge in [-0.2, -0.15) is 0 Å². The molecule has 124 valence electrons. The third-order valence-electron chi connectivity index (χ3n) is 3.66. The van der Waals surface area contributed by atoms with Gasteiger partial charge < -0.3 is 10.2 Å². The number of unbranched alkanes of at least 4 members (excludes halogenated alkanes) is 9. The van der Waals surface area contributed by atoms with Crippen LogP contribution in [0, 0.1) is 0 Å². The predicted octanol–water partition coefficient (Wildman–Crippen LogP) is 3.62. The first-order valence-corrected chi connectivity index (χ1v) is 8.29. The number of halogens is 1. The van der Waals surface area contributed by atoms with Gasteiger partial charge in [-0.05, 0) is 13.0 Å². The van der Waals surface area contributed by atoms with Crippen LogP contribution in [0.2, 0.25) is 0 Å². The van der Waals surface area contributed by atoms with Crippen LogP contribution in [-0.2, 0) is 0 Å². The molecule has 0 aromatic rings. The average Bonchev–Trinajstić information content (AvgIpc) is 2.41. The molecule has 0 amide bonds. The molecule has 2 N–H and O–H groups in total. The number of hydrogen-bond donors (Lipinski definition) is 2. The summed E-state index contributed by atoms with van der Waals surface area (Å²) in [6.45, 7) is 5.04. The van der Waals surface area contributed by atoms with Crippen LogP contribution in [0.1, 0.15) is 71.1 Å². The molecule has 0 spiro atoms. The lowest BCUT2D eigenvalue weighted by Crippen LogP contribution is -2.30. The van der Waals surface area contributed by atoms with Gasteiger partial charge in [0.05, 0.1) is 13.2 Å². The van der Waals surface area contributed by atoms with E-state index in [1.165, 1.54) is 64.2 Å². The van der Waals surface area contributed by atoms with Gasteiger partial charge in [0.1, 0.15) is 0 Å². The monoisotopic (exact) mass is 309 g/mol. The van der Waals surface area contributed by atoms with Crippen LogP contribution in [0.25, 0.3) is 0 Å². The first-order chi connectivity index (χ1) is 9.35. The first kappa shape index (κ1) is 22.5. The summed E-state index contributed by atoms with van der Waals surface area (Å²) < 4.78 is 0. The Kier molecular flexibility index (Phi) is 21.5. The summed E-state index contributed by atoms with van der Waals surface area (Å²) >= 11 is 0. The zero-order valence-corrected chi connectivity index (χ0v) is 14.2. The molecule has 0 aromatic heterocycles. The Morgan fingerprint density at radius 1 is 0.600 bits per heavy atom. The van der Waals surface area contributed by atoms with E-state index in [9.17, 15) is 0 Å². The molecule has 0 rings (SSSR count). The molecule has 0 aliphatic heterocycles. The van der Waals surface area contributed by atoms with E-state index in [4.69, 9.17) is 10.2 Å². The van der Waals surface area contributed by atoms with E-state index < -0.39 is 0 Å². The number of nitrogens with zero attached hydrogens (tertiary/aromatic N) is 1. The molecule has 20 heavy (non-hydrogen) atoms. The van der Waals surface area contributed by atoms with Crippen LogP contribution < -0.4 is 0 Å². The molecule has 0 atom stereocenters. The van der Waals surface area contributed by atoms with Gasteiger partial charge in [0.15, 0.2) is 0 Å². The summed E-state index contributed by atoms with van der Waals surface area (Å²) in [7, 11) is 0. The van der Waals surface area contributed by atoms with Gasteiger partial charge in [-0.1, -0.05) is 64.7 Å². The largest absolute Gasteiger partial charge is 0.395 e. The maximum absolute atomic E-state index is 8.90. The molecular formula is C16H36ClNO2. The van der Waals surface area contributed by atoms with Crippen LogP contribution in [0.4, 0.5) is 0 Å². The minimum absolute atomic E-state index is 0. The Morgan fingerprint density at radius 3 is 1.40 bits per heavy atom. The summed E-state index contributed by atoms with van der Waals surface area (Å²) in [5, 5.41) is 17.8. The third kappa shape index (κ3) is 16.2. The van der Waals surface area contributed by atoms with E-state index in [2.05, 4.69) is 11.8 Å². The maximum atomic E-state index is 8.90. The van der Waals surface area contributed by atoms with Crippen molar-refractivity contribution in [2.24, 2.45) is 0 Å². The average molecular weight is 310 g/mol. The molecule has 0 bridgehead atoms. The summed E-state index contributed by atoms with van der Waals surface area (Å²) in [5.74, 6) is 0. The normalized spacial score (nSPS) is 10.8. The lowest BCUT2D eigenvalue weighted by molar-refractivity contribution is 0.159. The van der Waals surface area contributed by atoms with Gasteiger partial charge in [-0.3, -0.25) is 4.90 Å². The lowest BCUT2D eigenvalue weighted by atomic mass is 10.1. The van der Waals surface area contributed by atoms with Crippen molar-refractivity contribution in [1.82, 2.24) is 4.90 Å². The van der Waals surface area contributed by atoms with Crippen molar-refractivity contribution in [3.8, 4) is 0 Å². The third-order valence-corrected chi connectivity index (χ3v) is 3.66. The number of rotatable bonds is 15. The van der Waals surface area contributed by atoms with Gasteiger partial charge >= 0.3 is 0 Å². The quantitative estimate of drug-likeness (QED) is 0.454. The van der Waals surface area contributed by atoms with E-state index >= 15 is 0 Å². The van der Waals surface area contributed by atoms with Crippen molar-refractivity contribution >= 4 is 12.4 Å². The van der Waals surface area contributed by atoms with Crippen LogP contribution in [0.15, 0.2) is 0 Å². The van der Waals surface area contributed by atoms with Crippen molar-refractivity contribution < 1.29 is 10.2 Å². The van der Waals surface area contributed by atoms with Crippen LogP contribution in [0.5, 0.6) is 0 Å². The minimum Gasteiger partial charge on any atom is -0.395 e. The molecule has 0 heterocycles. The zero-order chi connectivity index (χ0) is 14.2. The Balaban J connectivity index is 0. The summed E-state index contributed by atoms with van der Waals surface area (Å²) in [5.41, 5.74) is 0. The number of aliphatic hydroxyl groups is 2. The second kappa shape index (κ2) is 19.2. The molecule has 0 fully saturated rings. The molecule has 0 radical (unpaired) electrons. The highest BCUT2D eigenvalue weighted by Crippen LogP contribution is 2.10. The molecular weight excluding hydrogens is 274 g/mol. The molecule has 3 nitrogen and oxygen atoms in total. The smallest absolute Gasteiger partial charge is 0.0558 e. The second-order valence-corrected chi connectivity index (χ2v) is 5.47. The molecule has 0 saturated heterocycles. The van der Waals surface area contributed by atoms with Gasteiger partial charge in [0.25, 0.3) is 0 Å². The topological polar surface area (TPSA) is 43.7 Å². The molecule has 0 aliphatic rings. The van der Waals surface area contributed by atoms with Crippen molar-refractivity contribution in [2.45, 2.75) is 71.1 Å². The summed E-state index contributed by atoms with van der Waals surface area (Å²) in [6, 6.07) is 0. The SMILES string of the molecule is CCCCCCCCCCCCN(CCO)CCO.Cl. The Hall–Kier alpha value is 0.170. The first-order valence-electron chi connectivity index (χ1n) is 8.29. The summed E-state index contributed by atoms with van der Waals surface area (Å²) in [4.78, 5) is 2.14. The standard InChI is InChI=1S/C16H35NO2.ClH/c1-2-3-4-5-6-7-8-9-10-11-12-17(13-15-18)14-16-19;/h18-19H,2-16H2,1H3;1H. The zero-order valence-electron chi connectivity index (χ0n) is 13.4. The minimum atomic E-state index is 0. The number of aliphatic hydroxyl groups excluding tert-OH is 2. The molecule has 0 saturated carbocycles. The van der Waals surface area contributed by atoms with E-state index in [0.717, 1.165) is 6.54 Å². The van der Waals surface area contributed by atoms with E-state index in [-0.39, 0.29) is 25.6 Å². The maximum Gasteiger partial charge on any atom is 0.0558 e. The fourth-order valence-corrected chi connectivity index (χ4v) is 2.44. The van der Waals surface area contributed by atoms with Crippen molar-refractivity contribution in [3.63, 3.8) is 0 Å². The van der Waals surface area contributed by atoms with E-state index in [1.807, 2.05) is 0 Å². The van der Waals surface area contributed by atoms with Gasteiger partial charge in [-0.25, -0.2) is 0 Å². The second-order valence-electron chi connectivity index (χ2n) is 5.47. The van der Waals surface area contributed by atoms with Crippen LogP contribution in [-0.4, -0.2) is 48.0 Å². The Bertz CT molecular complexity index is 165. The predicted molar refractivity (Wildman–Crippen MR) is 89.7 cm³/mol. The van der Waals surface area contributed by atoms with Gasteiger partial charge in [0.2, 0.25) is 0 Å². The summed E-state index contributed by atoms with van der Waals surface area (Å²) in [6.07, 6.45) is 13.5. The fraction of sp³-hybridized carbons (Fsp3) is 1.00. The molecule has 4 heteroatoms. The van der Waals surface area contributed by atoms with Gasteiger partial charge in [-0.15, -0.1) is 12.4 Å². The van der Waals surface area contributed by atoms with Crippen molar-refractivity contribution in [2.75, 3.05) is 32.8 Å². The van der Waals surface area contributed by atoms with Gasteiger partial charge in [0, 0.05) is 13.1 Å². The van der Waals surface area contributed by atoms with Crippen molar-refractivity contribution in [3.05, 3.63) is 0 Å². The Labute approximate surface area is 132 Å². The lowest BCUT2D eigenvalue weighted by Gasteiger charge is -2.19.